The van der Waals surface area contributed by atoms with Crippen molar-refractivity contribution in [3.8, 4) is 6.07 Å². The van der Waals surface area contributed by atoms with Gasteiger partial charge in [-0.2, -0.15) is 5.26 Å². The van der Waals surface area contributed by atoms with E-state index in [9.17, 15) is 10.1 Å². The Balaban J connectivity index is 2.25. The van der Waals surface area contributed by atoms with Crippen LogP contribution in [-0.4, -0.2) is 9.91 Å². The molecule has 0 aliphatic rings. The molecule has 8 heteroatoms. The molecule has 0 aliphatic carbocycles. The summed E-state index contributed by atoms with van der Waals surface area (Å²) in [6.45, 7) is 1.84. The zero-order valence-corrected chi connectivity index (χ0v) is 12.4. The summed E-state index contributed by atoms with van der Waals surface area (Å²) in [6.07, 6.45) is 1.46. The van der Waals surface area contributed by atoms with Gasteiger partial charge in [-0.3, -0.25) is 10.1 Å². The third kappa shape index (κ3) is 3.56. The molecule has 1 aromatic heterocycles. The van der Waals surface area contributed by atoms with Crippen LogP contribution >= 0.6 is 22.9 Å². The second-order valence-electron chi connectivity index (χ2n) is 4.03. The molecule has 0 radical (unpaired) electrons. The summed E-state index contributed by atoms with van der Waals surface area (Å²) < 4.78 is 0. The summed E-state index contributed by atoms with van der Waals surface area (Å²) >= 11 is 7.09. The summed E-state index contributed by atoms with van der Waals surface area (Å²) in [7, 11) is 0. The summed E-state index contributed by atoms with van der Waals surface area (Å²) in [4.78, 5) is 14.5. The number of nitrogens with one attached hydrogen (secondary N) is 1. The van der Waals surface area contributed by atoms with Crippen LogP contribution in [0, 0.1) is 28.4 Å². The highest BCUT2D eigenvalue weighted by Gasteiger charge is 2.12. The Morgan fingerprint density at radius 2 is 2.38 bits per heavy atom. The van der Waals surface area contributed by atoms with E-state index in [1.165, 1.54) is 29.7 Å². The van der Waals surface area contributed by atoms with Crippen LogP contribution in [0.3, 0.4) is 0 Å². The first-order valence-electron chi connectivity index (χ1n) is 5.74. The lowest BCUT2D eigenvalue weighted by Crippen LogP contribution is -1.94. The van der Waals surface area contributed by atoms with Gasteiger partial charge in [-0.15, -0.1) is 11.3 Å². The Kier molecular flexibility index (Phi) is 4.52. The quantitative estimate of drug-likeness (QED) is 0.522. The topological polar surface area (TPSA) is 91.8 Å². The van der Waals surface area contributed by atoms with Gasteiger partial charge >= 0.3 is 0 Å². The van der Waals surface area contributed by atoms with E-state index in [1.54, 1.807) is 6.07 Å². The fourth-order valence-corrected chi connectivity index (χ4v) is 2.47. The molecule has 1 N–H and O–H groups in total. The third-order valence-electron chi connectivity index (χ3n) is 2.50. The van der Waals surface area contributed by atoms with Gasteiger partial charge in [0.05, 0.1) is 4.92 Å². The molecule has 0 spiro atoms. The van der Waals surface area contributed by atoms with Crippen LogP contribution in [0.15, 0.2) is 29.8 Å². The molecule has 0 saturated carbocycles. The molecule has 2 aromatic rings. The van der Waals surface area contributed by atoms with Crippen LogP contribution < -0.4 is 5.32 Å². The van der Waals surface area contributed by atoms with Crippen molar-refractivity contribution >= 4 is 39.9 Å². The number of anilines is 1. The van der Waals surface area contributed by atoms with Crippen molar-refractivity contribution in [3.05, 3.63) is 55.6 Å². The number of nitriles is 1. The molecule has 21 heavy (non-hydrogen) atoms. The molecule has 0 aliphatic heterocycles. The second kappa shape index (κ2) is 6.35. The molecule has 2 rings (SSSR count). The van der Waals surface area contributed by atoms with E-state index in [4.69, 9.17) is 16.9 Å². The number of rotatable bonds is 4. The average molecular weight is 321 g/mol. The Morgan fingerprint density at radius 1 is 1.62 bits per heavy atom. The number of hydrogen-bond acceptors (Lipinski definition) is 6. The minimum Gasteiger partial charge on any atom is -0.360 e. The normalized spacial score (nSPS) is 11.0. The van der Waals surface area contributed by atoms with Crippen molar-refractivity contribution in [2.45, 2.75) is 6.92 Å². The second-order valence-corrected chi connectivity index (χ2v) is 5.30. The highest BCUT2D eigenvalue weighted by molar-refractivity contribution is 7.10. The van der Waals surface area contributed by atoms with E-state index < -0.39 is 4.92 Å². The molecule has 0 atom stereocenters. The molecule has 6 nitrogen and oxygen atoms in total. The number of aryl methyl sites for hydroxylation is 1. The van der Waals surface area contributed by atoms with Gasteiger partial charge in [0.1, 0.15) is 21.7 Å². The van der Waals surface area contributed by atoms with Gasteiger partial charge in [-0.05, 0) is 19.1 Å². The van der Waals surface area contributed by atoms with Crippen molar-refractivity contribution in [3.63, 3.8) is 0 Å². The number of halogens is 1. The van der Waals surface area contributed by atoms with Crippen molar-refractivity contribution in [1.82, 2.24) is 4.98 Å². The van der Waals surface area contributed by atoms with Crippen LogP contribution in [0.5, 0.6) is 0 Å². The summed E-state index contributed by atoms with van der Waals surface area (Å²) in [5.41, 5.74) is 1.45. The highest BCUT2D eigenvalue weighted by Crippen LogP contribution is 2.27. The monoisotopic (exact) mass is 320 g/mol. The van der Waals surface area contributed by atoms with Crippen LogP contribution in [-0.2, 0) is 0 Å². The van der Waals surface area contributed by atoms with Crippen LogP contribution in [0.2, 0.25) is 5.02 Å². The Hall–Kier alpha value is -2.43. The molecule has 106 valence electrons. The summed E-state index contributed by atoms with van der Waals surface area (Å²) in [5, 5.41) is 25.3. The van der Waals surface area contributed by atoms with E-state index in [0.29, 0.717) is 16.3 Å². The number of hydrogen-bond donors (Lipinski definition) is 1. The molecule has 0 saturated heterocycles. The summed E-state index contributed by atoms with van der Waals surface area (Å²) in [5.74, 6) is 0. The number of thiazole rings is 1. The minimum atomic E-state index is -0.563. The number of nitro benzene ring substituents is 1. The first kappa shape index (κ1) is 15.0. The van der Waals surface area contributed by atoms with E-state index in [-0.39, 0.29) is 10.7 Å². The van der Waals surface area contributed by atoms with Gasteiger partial charge in [-0.1, -0.05) is 11.6 Å². The van der Waals surface area contributed by atoms with Crippen LogP contribution in [0.4, 0.5) is 11.4 Å². The van der Waals surface area contributed by atoms with Crippen molar-refractivity contribution in [2.24, 2.45) is 0 Å². The van der Waals surface area contributed by atoms with Crippen LogP contribution in [0.25, 0.3) is 5.57 Å². The Morgan fingerprint density at radius 3 is 2.95 bits per heavy atom. The summed E-state index contributed by atoms with van der Waals surface area (Å²) in [6, 6.07) is 6.36. The van der Waals surface area contributed by atoms with Gasteiger partial charge in [0.25, 0.3) is 5.69 Å². The van der Waals surface area contributed by atoms with Crippen molar-refractivity contribution in [2.75, 3.05) is 5.32 Å². The fraction of sp³-hybridized carbons (Fsp3) is 0.0769. The lowest BCUT2D eigenvalue weighted by atomic mass is 10.2. The third-order valence-corrected chi connectivity index (χ3v) is 3.81. The van der Waals surface area contributed by atoms with Gasteiger partial charge in [0, 0.05) is 29.0 Å². The predicted octanol–water partition coefficient (Wildman–Crippen LogP) is 3.99. The minimum absolute atomic E-state index is 0.0607. The highest BCUT2D eigenvalue weighted by atomic mass is 35.5. The first-order valence-corrected chi connectivity index (χ1v) is 7.00. The van der Waals surface area contributed by atoms with Crippen molar-refractivity contribution < 1.29 is 4.92 Å². The maximum Gasteiger partial charge on any atom is 0.289 e. The number of nitro groups is 1. The molecular formula is C13H9ClN4O2S. The smallest absolute Gasteiger partial charge is 0.289 e. The molecule has 0 unspecified atom stereocenters. The van der Waals surface area contributed by atoms with Crippen molar-refractivity contribution in [1.29, 1.82) is 5.26 Å². The lowest BCUT2D eigenvalue weighted by Gasteiger charge is -2.02. The lowest BCUT2D eigenvalue weighted by molar-refractivity contribution is -0.384. The number of benzene rings is 1. The Labute approximate surface area is 129 Å². The molecular weight excluding hydrogens is 312 g/mol. The van der Waals surface area contributed by atoms with E-state index >= 15 is 0 Å². The standard InChI is InChI=1S/C13H9ClN4O2S/c1-8-7-21-13(17-8)9(5-15)6-16-10-2-3-11(14)12(4-10)18(19)20/h2-4,6-7,16H,1H3/b9-6+. The number of nitrogens with zero attached hydrogens (tertiary/aromatic N) is 3. The zero-order valence-electron chi connectivity index (χ0n) is 10.8. The fourth-order valence-electron chi connectivity index (χ4n) is 1.52. The molecule has 1 aromatic carbocycles. The number of aromatic nitrogens is 1. The molecule has 0 amide bonds. The first-order chi connectivity index (χ1) is 10.0. The molecule has 0 fully saturated rings. The van der Waals surface area contributed by atoms with E-state index in [1.807, 2.05) is 18.4 Å². The molecule has 0 bridgehead atoms. The van der Waals surface area contributed by atoms with Gasteiger partial charge < -0.3 is 5.32 Å². The van der Waals surface area contributed by atoms with E-state index in [0.717, 1.165) is 5.69 Å². The van der Waals surface area contributed by atoms with Gasteiger partial charge in [-0.25, -0.2) is 4.98 Å². The van der Waals surface area contributed by atoms with Gasteiger partial charge in [0.15, 0.2) is 0 Å². The van der Waals surface area contributed by atoms with Gasteiger partial charge in [0.2, 0.25) is 0 Å². The Bertz CT molecular complexity index is 764. The SMILES string of the molecule is Cc1csc(/C(C#N)=C/Nc2ccc(Cl)c([N+](=O)[O-])c2)n1. The van der Waals surface area contributed by atoms with E-state index in [2.05, 4.69) is 10.3 Å². The number of allylic oxidation sites excluding steroid dienone is 1. The maximum atomic E-state index is 10.8. The predicted molar refractivity (Wildman–Crippen MR) is 82.2 cm³/mol. The largest absolute Gasteiger partial charge is 0.360 e. The molecule has 1 heterocycles. The maximum absolute atomic E-state index is 10.8. The zero-order chi connectivity index (χ0) is 15.4. The van der Waals surface area contributed by atoms with Crippen LogP contribution in [0.1, 0.15) is 10.7 Å². The average Bonchev–Trinajstić information content (AvgIpc) is 2.87.